The topological polar surface area (TPSA) is 92.9 Å². The summed E-state index contributed by atoms with van der Waals surface area (Å²) in [4.78, 5) is 19.1. The van der Waals surface area contributed by atoms with Gasteiger partial charge in [-0.25, -0.2) is 9.07 Å². The molecule has 0 aliphatic heterocycles. The van der Waals surface area contributed by atoms with E-state index in [1.165, 1.54) is 16.8 Å². The number of aromatic amines is 1. The van der Waals surface area contributed by atoms with E-state index in [0.717, 1.165) is 23.2 Å². The lowest BCUT2D eigenvalue weighted by atomic mass is 10.0. The Morgan fingerprint density at radius 2 is 1.92 bits per heavy atom. The molecule has 2 aromatic carbocycles. The van der Waals surface area contributed by atoms with Crippen molar-refractivity contribution in [1.29, 1.82) is 0 Å². The van der Waals surface area contributed by atoms with E-state index in [1.807, 2.05) is 0 Å². The number of hydrogen-bond acceptors (Lipinski definition) is 4. The van der Waals surface area contributed by atoms with Crippen molar-refractivity contribution in [2.45, 2.75) is 26.6 Å². The Hall–Kier alpha value is -5.05. The predicted octanol–water partition coefficient (Wildman–Crippen LogP) is 6.07. The Kier molecular flexibility index (Phi) is 6.35. The number of nitrogens with one attached hydrogen (secondary N) is 2. The lowest BCUT2D eigenvalue weighted by molar-refractivity contribution is -0.137. The molecule has 0 aliphatic rings. The lowest BCUT2D eigenvalue weighted by Gasteiger charge is -2.11. The van der Waals surface area contributed by atoms with Gasteiger partial charge in [-0.1, -0.05) is 18.7 Å². The quantitative estimate of drug-likeness (QED) is 0.212. The van der Waals surface area contributed by atoms with Crippen LogP contribution in [0.1, 0.15) is 32.9 Å². The van der Waals surface area contributed by atoms with Crippen LogP contribution in [0.4, 0.5) is 23.4 Å². The molecule has 3 aromatic heterocycles. The van der Waals surface area contributed by atoms with E-state index in [0.29, 0.717) is 28.1 Å². The van der Waals surface area contributed by atoms with Crippen LogP contribution in [0.5, 0.6) is 0 Å². The average Bonchev–Trinajstić information content (AvgIpc) is 3.49. The number of fused-ring (bicyclic) bond motifs is 1. The van der Waals surface area contributed by atoms with E-state index < -0.39 is 23.4 Å². The summed E-state index contributed by atoms with van der Waals surface area (Å²) in [6.07, 6.45) is -2.02. The number of aryl methyl sites for hydroxylation is 1. The maximum Gasteiger partial charge on any atom is 0.409 e. The minimum absolute atomic E-state index is 0.0231. The second-order valence-corrected chi connectivity index (χ2v) is 8.79. The van der Waals surface area contributed by atoms with Gasteiger partial charge in [-0.2, -0.15) is 23.4 Å². The number of aromatic nitrogens is 5. The van der Waals surface area contributed by atoms with Gasteiger partial charge in [0, 0.05) is 34.3 Å². The molecule has 0 atom stereocenters. The number of carbonyl (C=O) groups excluding carboxylic acids is 1. The summed E-state index contributed by atoms with van der Waals surface area (Å²) in [5.74, 6) is -1.68. The molecular formula is C27H19F4N7O. The molecule has 0 saturated carbocycles. The highest BCUT2D eigenvalue weighted by atomic mass is 19.4. The zero-order valence-electron chi connectivity index (χ0n) is 20.6. The van der Waals surface area contributed by atoms with Crippen LogP contribution >= 0.6 is 0 Å². The van der Waals surface area contributed by atoms with Crippen molar-refractivity contribution >= 4 is 22.6 Å². The third-order valence-corrected chi connectivity index (χ3v) is 6.28. The van der Waals surface area contributed by atoms with Crippen LogP contribution in [0.3, 0.4) is 0 Å². The highest BCUT2D eigenvalue weighted by Crippen LogP contribution is 2.37. The normalized spacial score (nSPS) is 11.5. The molecule has 0 unspecified atom stereocenters. The molecule has 0 radical (unpaired) electrons. The van der Waals surface area contributed by atoms with E-state index in [1.54, 1.807) is 44.3 Å². The summed E-state index contributed by atoms with van der Waals surface area (Å²) in [6.45, 7) is 10.2. The van der Waals surface area contributed by atoms with Crippen molar-refractivity contribution in [3.8, 4) is 16.8 Å². The molecular weight excluding hydrogens is 514 g/mol. The molecule has 0 spiro atoms. The smallest absolute Gasteiger partial charge is 0.360 e. The first-order valence-electron chi connectivity index (χ1n) is 11.6. The van der Waals surface area contributed by atoms with E-state index >= 15 is 4.39 Å². The van der Waals surface area contributed by atoms with Crippen molar-refractivity contribution in [3.63, 3.8) is 0 Å². The number of carbonyl (C=O) groups is 1. The summed E-state index contributed by atoms with van der Waals surface area (Å²) in [6, 6.07) is 10.4. The second kappa shape index (κ2) is 9.68. The number of pyridine rings is 1. The fraction of sp³-hybridized carbons (Fsp3) is 0.148. The van der Waals surface area contributed by atoms with Crippen LogP contribution in [-0.4, -0.2) is 30.9 Å². The summed E-state index contributed by atoms with van der Waals surface area (Å²) in [5, 5.41) is 14.5. The Labute approximate surface area is 219 Å². The summed E-state index contributed by atoms with van der Waals surface area (Å²) >= 11 is 0. The van der Waals surface area contributed by atoms with Gasteiger partial charge in [0.15, 0.2) is 0 Å². The Bertz CT molecular complexity index is 1780. The van der Waals surface area contributed by atoms with Gasteiger partial charge in [0.1, 0.15) is 17.7 Å². The number of benzene rings is 2. The monoisotopic (exact) mass is 533 g/mol. The SMILES string of the molecule is [C-]#[N+]c1ncc(-n2nc(C)c(-c3ccc(CNC(=O)c4ccc5[nH]ncc5c4)c(F)c3)c2C)cc1C(F)(F)F. The number of H-pyrrole nitrogens is 1. The molecule has 3 heterocycles. The van der Waals surface area contributed by atoms with Crippen LogP contribution in [-0.2, 0) is 12.7 Å². The number of halogens is 4. The van der Waals surface area contributed by atoms with E-state index in [4.69, 9.17) is 6.57 Å². The van der Waals surface area contributed by atoms with Crippen molar-refractivity contribution in [2.75, 3.05) is 0 Å². The number of rotatable bonds is 5. The number of amides is 1. The van der Waals surface area contributed by atoms with E-state index in [-0.39, 0.29) is 23.7 Å². The minimum atomic E-state index is -4.76. The molecule has 0 saturated heterocycles. The molecule has 0 aliphatic carbocycles. The molecule has 2 N–H and O–H groups in total. The Morgan fingerprint density at radius 3 is 2.64 bits per heavy atom. The molecule has 196 valence electrons. The lowest BCUT2D eigenvalue weighted by Crippen LogP contribution is -2.23. The third kappa shape index (κ3) is 4.82. The number of nitrogens with zero attached hydrogens (tertiary/aromatic N) is 5. The van der Waals surface area contributed by atoms with Crippen LogP contribution in [0.2, 0.25) is 0 Å². The fourth-order valence-corrected chi connectivity index (χ4v) is 4.38. The van der Waals surface area contributed by atoms with E-state index in [2.05, 4.69) is 30.4 Å². The average molecular weight is 533 g/mol. The van der Waals surface area contributed by atoms with Gasteiger partial charge >= 0.3 is 6.18 Å². The maximum atomic E-state index is 15.1. The summed E-state index contributed by atoms with van der Waals surface area (Å²) in [7, 11) is 0. The van der Waals surface area contributed by atoms with E-state index in [9.17, 15) is 18.0 Å². The van der Waals surface area contributed by atoms with Gasteiger partial charge in [-0.15, -0.1) is 4.98 Å². The highest BCUT2D eigenvalue weighted by Gasteiger charge is 2.35. The van der Waals surface area contributed by atoms with Gasteiger partial charge in [0.25, 0.3) is 11.7 Å². The fourth-order valence-electron chi connectivity index (χ4n) is 4.38. The molecule has 12 heteroatoms. The first kappa shape index (κ1) is 25.6. The zero-order chi connectivity index (χ0) is 27.9. The third-order valence-electron chi connectivity index (χ3n) is 6.28. The van der Waals surface area contributed by atoms with Crippen molar-refractivity contribution in [1.82, 2.24) is 30.3 Å². The molecule has 8 nitrogen and oxygen atoms in total. The van der Waals surface area contributed by atoms with Crippen LogP contribution in [0, 0.1) is 26.2 Å². The molecule has 5 aromatic rings. The molecule has 0 fully saturated rings. The number of alkyl halides is 3. The van der Waals surface area contributed by atoms with Gasteiger partial charge in [0.2, 0.25) is 0 Å². The van der Waals surface area contributed by atoms with Gasteiger partial charge in [0.05, 0.1) is 23.0 Å². The summed E-state index contributed by atoms with van der Waals surface area (Å²) in [5.41, 5.74) is 2.26. The Balaban J connectivity index is 1.39. The van der Waals surface area contributed by atoms with Crippen LogP contribution in [0.15, 0.2) is 54.9 Å². The van der Waals surface area contributed by atoms with Gasteiger partial charge < -0.3 is 10.2 Å². The largest absolute Gasteiger partial charge is 0.409 e. The molecule has 0 bridgehead atoms. The molecule has 39 heavy (non-hydrogen) atoms. The predicted molar refractivity (Wildman–Crippen MR) is 135 cm³/mol. The van der Waals surface area contributed by atoms with Crippen molar-refractivity contribution in [3.05, 3.63) is 100 Å². The van der Waals surface area contributed by atoms with Crippen molar-refractivity contribution in [2.24, 2.45) is 0 Å². The summed E-state index contributed by atoms with van der Waals surface area (Å²) < 4.78 is 56.7. The minimum Gasteiger partial charge on any atom is -0.360 e. The van der Waals surface area contributed by atoms with Crippen LogP contribution < -0.4 is 5.32 Å². The highest BCUT2D eigenvalue weighted by molar-refractivity contribution is 5.97. The molecule has 1 amide bonds. The van der Waals surface area contributed by atoms with Crippen molar-refractivity contribution < 1.29 is 22.4 Å². The van der Waals surface area contributed by atoms with Gasteiger partial charge in [-0.05, 0) is 49.7 Å². The Morgan fingerprint density at radius 1 is 1.13 bits per heavy atom. The van der Waals surface area contributed by atoms with Gasteiger partial charge in [-0.3, -0.25) is 9.89 Å². The number of hydrogen-bond donors (Lipinski definition) is 2. The zero-order valence-corrected chi connectivity index (χ0v) is 20.6. The maximum absolute atomic E-state index is 15.1. The second-order valence-electron chi connectivity index (χ2n) is 8.79. The first-order valence-corrected chi connectivity index (χ1v) is 11.6. The first-order chi connectivity index (χ1) is 18.6. The van der Waals surface area contributed by atoms with Crippen LogP contribution in [0.25, 0.3) is 32.6 Å². The molecule has 5 rings (SSSR count). The standard InChI is InChI=1S/C27H19F4N7O/c1-14-24(15(2)38(37-14)20-10-21(27(29,30)31)25(32-3)33-13-20)16-4-5-18(22(28)9-16)11-34-26(39)17-6-7-23-19(8-17)12-35-36-23/h4-10,12-13H,11H2,1-2H3,(H,34,39)(H,35,36).